The number of hydrogen-bond donors (Lipinski definition) is 2. The third-order valence-corrected chi connectivity index (χ3v) is 2.39. The monoisotopic (exact) mass is 225 g/mol. The molecule has 90 valence electrons. The van der Waals surface area contributed by atoms with Gasteiger partial charge in [0.25, 0.3) is 5.56 Å². The first-order valence-corrected chi connectivity index (χ1v) is 5.62. The number of anilines is 1. The molecule has 0 radical (unpaired) electrons. The van der Waals surface area contributed by atoms with Gasteiger partial charge in [0.15, 0.2) is 5.82 Å². The Hall–Kier alpha value is -1.36. The number of aliphatic hydroxyl groups is 1. The van der Waals surface area contributed by atoms with Crippen molar-refractivity contribution in [2.24, 2.45) is 7.05 Å². The molecule has 0 aromatic carbocycles. The van der Waals surface area contributed by atoms with E-state index in [2.05, 4.69) is 10.3 Å². The van der Waals surface area contributed by atoms with Crippen LogP contribution < -0.4 is 10.9 Å². The zero-order chi connectivity index (χ0) is 11.8. The highest BCUT2D eigenvalue weighted by Crippen LogP contribution is 1.99. The Bertz CT molecular complexity index is 362. The number of aromatic nitrogens is 2. The number of nitrogens with one attached hydrogen (secondary N) is 1. The molecule has 2 N–H and O–H groups in total. The number of aryl methyl sites for hydroxylation is 1. The van der Waals surface area contributed by atoms with Crippen LogP contribution in [0.3, 0.4) is 0 Å². The molecule has 16 heavy (non-hydrogen) atoms. The van der Waals surface area contributed by atoms with E-state index in [1.807, 2.05) is 0 Å². The van der Waals surface area contributed by atoms with E-state index in [1.165, 1.54) is 4.57 Å². The minimum absolute atomic E-state index is 0.0992. The smallest absolute Gasteiger partial charge is 0.293 e. The summed E-state index contributed by atoms with van der Waals surface area (Å²) in [6, 6.07) is 0. The maximum atomic E-state index is 11.5. The van der Waals surface area contributed by atoms with Gasteiger partial charge in [-0.1, -0.05) is 12.8 Å². The third-order valence-electron chi connectivity index (χ3n) is 2.39. The van der Waals surface area contributed by atoms with Crippen LogP contribution in [0.5, 0.6) is 0 Å². The normalized spacial score (nSPS) is 10.4. The van der Waals surface area contributed by atoms with E-state index in [4.69, 9.17) is 5.11 Å². The summed E-state index contributed by atoms with van der Waals surface area (Å²) in [6.07, 6.45) is 7.16. The topological polar surface area (TPSA) is 67.2 Å². The summed E-state index contributed by atoms with van der Waals surface area (Å²) in [4.78, 5) is 15.5. The molecule has 0 unspecified atom stereocenters. The number of nitrogens with zero attached hydrogens (tertiary/aromatic N) is 2. The highest BCUT2D eigenvalue weighted by molar-refractivity contribution is 5.30. The van der Waals surface area contributed by atoms with E-state index in [9.17, 15) is 4.79 Å². The van der Waals surface area contributed by atoms with Crippen molar-refractivity contribution in [2.75, 3.05) is 18.5 Å². The molecule has 0 aliphatic heterocycles. The lowest BCUT2D eigenvalue weighted by Crippen LogP contribution is -2.22. The van der Waals surface area contributed by atoms with Gasteiger partial charge in [0.1, 0.15) is 0 Å². The first kappa shape index (κ1) is 12.7. The molecule has 0 saturated carbocycles. The number of unbranched alkanes of at least 4 members (excludes halogenated alkanes) is 3. The van der Waals surface area contributed by atoms with Crippen LogP contribution in [0.2, 0.25) is 0 Å². The molecule has 0 aliphatic rings. The van der Waals surface area contributed by atoms with Crippen molar-refractivity contribution in [1.82, 2.24) is 9.55 Å². The Kier molecular flexibility index (Phi) is 5.56. The largest absolute Gasteiger partial charge is 0.396 e. The average molecular weight is 225 g/mol. The van der Waals surface area contributed by atoms with Gasteiger partial charge in [-0.2, -0.15) is 0 Å². The lowest BCUT2D eigenvalue weighted by atomic mass is 10.2. The Morgan fingerprint density at radius 1 is 1.38 bits per heavy atom. The van der Waals surface area contributed by atoms with E-state index < -0.39 is 0 Å². The zero-order valence-corrected chi connectivity index (χ0v) is 9.65. The minimum atomic E-state index is -0.0992. The molecule has 5 nitrogen and oxygen atoms in total. The van der Waals surface area contributed by atoms with Crippen LogP contribution in [0.1, 0.15) is 25.7 Å². The standard InChI is InChI=1S/C11H19N3O2/c1-14-8-7-13-10(11(14)16)12-6-4-2-3-5-9-15/h7-8,15H,2-6,9H2,1H3,(H,12,13). The van der Waals surface area contributed by atoms with Gasteiger partial charge in [-0.05, 0) is 12.8 Å². The lowest BCUT2D eigenvalue weighted by molar-refractivity contribution is 0.283. The Morgan fingerprint density at radius 2 is 2.12 bits per heavy atom. The number of rotatable bonds is 7. The molecule has 0 atom stereocenters. The minimum Gasteiger partial charge on any atom is -0.396 e. The summed E-state index contributed by atoms with van der Waals surface area (Å²) in [7, 11) is 1.70. The fourth-order valence-corrected chi connectivity index (χ4v) is 1.42. The second-order valence-electron chi connectivity index (χ2n) is 3.76. The van der Waals surface area contributed by atoms with E-state index >= 15 is 0 Å². The van der Waals surface area contributed by atoms with Gasteiger partial charge in [-0.25, -0.2) is 4.98 Å². The van der Waals surface area contributed by atoms with Crippen LogP contribution in [-0.2, 0) is 7.05 Å². The van der Waals surface area contributed by atoms with Crippen molar-refractivity contribution in [2.45, 2.75) is 25.7 Å². The highest BCUT2D eigenvalue weighted by Gasteiger charge is 2.00. The first-order chi connectivity index (χ1) is 7.75. The van der Waals surface area contributed by atoms with Gasteiger partial charge < -0.3 is 15.0 Å². The predicted molar refractivity (Wildman–Crippen MR) is 63.5 cm³/mol. The van der Waals surface area contributed by atoms with Gasteiger partial charge in [0.05, 0.1) is 0 Å². The van der Waals surface area contributed by atoms with Crippen LogP contribution in [0.15, 0.2) is 17.2 Å². The van der Waals surface area contributed by atoms with Crippen LogP contribution in [0.25, 0.3) is 0 Å². The fraction of sp³-hybridized carbons (Fsp3) is 0.636. The molecule has 5 heteroatoms. The number of aliphatic hydroxyl groups excluding tert-OH is 1. The summed E-state index contributed by atoms with van der Waals surface area (Å²) in [5, 5.41) is 11.6. The van der Waals surface area contributed by atoms with E-state index in [-0.39, 0.29) is 12.2 Å². The second-order valence-corrected chi connectivity index (χ2v) is 3.76. The van der Waals surface area contributed by atoms with Crippen LogP contribution >= 0.6 is 0 Å². The summed E-state index contributed by atoms with van der Waals surface area (Å²) >= 11 is 0. The van der Waals surface area contributed by atoms with E-state index in [0.29, 0.717) is 5.82 Å². The molecular weight excluding hydrogens is 206 g/mol. The van der Waals surface area contributed by atoms with E-state index in [0.717, 1.165) is 32.2 Å². The number of hydrogen-bond acceptors (Lipinski definition) is 4. The van der Waals surface area contributed by atoms with Gasteiger partial charge in [-0.3, -0.25) is 4.79 Å². The molecule has 0 spiro atoms. The van der Waals surface area contributed by atoms with Crippen molar-refractivity contribution in [3.05, 3.63) is 22.7 Å². The summed E-state index contributed by atoms with van der Waals surface area (Å²) in [5.74, 6) is 0.409. The van der Waals surface area contributed by atoms with Crippen LogP contribution in [0.4, 0.5) is 5.82 Å². The molecule has 1 aromatic heterocycles. The van der Waals surface area contributed by atoms with Crippen molar-refractivity contribution >= 4 is 5.82 Å². The van der Waals surface area contributed by atoms with Crippen LogP contribution in [-0.4, -0.2) is 27.8 Å². The van der Waals surface area contributed by atoms with Gasteiger partial charge in [-0.15, -0.1) is 0 Å². The zero-order valence-electron chi connectivity index (χ0n) is 9.65. The van der Waals surface area contributed by atoms with Crippen molar-refractivity contribution in [3.8, 4) is 0 Å². The maximum absolute atomic E-state index is 11.5. The summed E-state index contributed by atoms with van der Waals surface area (Å²) < 4.78 is 1.50. The van der Waals surface area contributed by atoms with E-state index in [1.54, 1.807) is 19.4 Å². The molecule has 0 saturated heterocycles. The maximum Gasteiger partial charge on any atom is 0.293 e. The van der Waals surface area contributed by atoms with Gasteiger partial charge in [0.2, 0.25) is 0 Å². The quantitative estimate of drug-likeness (QED) is 0.672. The van der Waals surface area contributed by atoms with Gasteiger partial charge in [0, 0.05) is 32.6 Å². The molecule has 1 rings (SSSR count). The summed E-state index contributed by atoms with van der Waals surface area (Å²) in [6.45, 7) is 1.01. The molecule has 0 bridgehead atoms. The lowest BCUT2D eigenvalue weighted by Gasteiger charge is -2.05. The third kappa shape index (κ3) is 4.02. The van der Waals surface area contributed by atoms with Crippen molar-refractivity contribution in [1.29, 1.82) is 0 Å². The SMILES string of the molecule is Cn1ccnc(NCCCCCCO)c1=O. The van der Waals surface area contributed by atoms with Crippen molar-refractivity contribution < 1.29 is 5.11 Å². The molecule has 1 heterocycles. The second kappa shape index (κ2) is 7.00. The molecule has 0 fully saturated rings. The summed E-state index contributed by atoms with van der Waals surface area (Å²) in [5.41, 5.74) is -0.0992. The van der Waals surface area contributed by atoms with Crippen molar-refractivity contribution in [3.63, 3.8) is 0 Å². The molecule has 0 aliphatic carbocycles. The first-order valence-electron chi connectivity index (χ1n) is 5.62. The van der Waals surface area contributed by atoms with Crippen LogP contribution in [0, 0.1) is 0 Å². The highest BCUT2D eigenvalue weighted by atomic mass is 16.2. The molecular formula is C11H19N3O2. The fourth-order valence-electron chi connectivity index (χ4n) is 1.42. The Labute approximate surface area is 95.1 Å². The Balaban J connectivity index is 2.27. The van der Waals surface area contributed by atoms with Gasteiger partial charge >= 0.3 is 0 Å². The Morgan fingerprint density at radius 3 is 2.88 bits per heavy atom. The molecule has 1 aromatic rings. The predicted octanol–water partition coefficient (Wildman–Crippen LogP) is 0.745. The average Bonchev–Trinajstić information content (AvgIpc) is 2.29. The molecule has 0 amide bonds.